The first kappa shape index (κ1) is 13.6. The van der Waals surface area contributed by atoms with E-state index in [4.69, 9.17) is 4.74 Å². The predicted octanol–water partition coefficient (Wildman–Crippen LogP) is 4.08. The summed E-state index contributed by atoms with van der Waals surface area (Å²) in [6.07, 6.45) is 0. The van der Waals surface area contributed by atoms with Crippen molar-refractivity contribution >= 4 is 37.8 Å². The van der Waals surface area contributed by atoms with Crippen molar-refractivity contribution < 1.29 is 9.53 Å². The predicted molar refractivity (Wildman–Crippen MR) is 84.0 cm³/mol. The van der Waals surface area contributed by atoms with Crippen LogP contribution in [0, 0.1) is 0 Å². The first-order chi connectivity index (χ1) is 9.65. The van der Waals surface area contributed by atoms with Crippen molar-refractivity contribution in [3.63, 3.8) is 0 Å². The number of rotatable bonds is 2. The summed E-state index contributed by atoms with van der Waals surface area (Å²) < 4.78 is 7.25. The van der Waals surface area contributed by atoms with E-state index in [1.165, 1.54) is 0 Å². The van der Waals surface area contributed by atoms with Gasteiger partial charge in [0.15, 0.2) is 0 Å². The van der Waals surface area contributed by atoms with Gasteiger partial charge < -0.3 is 10.1 Å². The van der Waals surface area contributed by atoms with Crippen molar-refractivity contribution in [3.8, 4) is 5.75 Å². The monoisotopic (exact) mass is 395 g/mol. The van der Waals surface area contributed by atoms with Crippen LogP contribution in [0.1, 0.15) is 22.0 Å². The first-order valence-corrected chi connectivity index (χ1v) is 7.71. The molecular formula is C15H11Br2NO2. The Morgan fingerprint density at radius 2 is 2.00 bits per heavy atom. The van der Waals surface area contributed by atoms with E-state index in [1.807, 2.05) is 36.4 Å². The topological polar surface area (TPSA) is 38.3 Å². The van der Waals surface area contributed by atoms with Gasteiger partial charge >= 0.3 is 0 Å². The van der Waals surface area contributed by atoms with Crippen LogP contribution in [-0.4, -0.2) is 12.5 Å². The second-order valence-electron chi connectivity index (χ2n) is 4.50. The van der Waals surface area contributed by atoms with Gasteiger partial charge in [0.1, 0.15) is 12.4 Å². The Balaban J connectivity index is 1.81. The molecule has 3 rings (SSSR count). The lowest BCUT2D eigenvalue weighted by Crippen LogP contribution is -2.29. The smallest absolute Gasteiger partial charge is 0.253 e. The van der Waals surface area contributed by atoms with E-state index in [0.717, 1.165) is 20.3 Å². The van der Waals surface area contributed by atoms with E-state index in [9.17, 15) is 4.79 Å². The largest absolute Gasteiger partial charge is 0.491 e. The van der Waals surface area contributed by atoms with E-state index < -0.39 is 0 Å². The van der Waals surface area contributed by atoms with E-state index in [1.54, 1.807) is 6.07 Å². The zero-order chi connectivity index (χ0) is 14.1. The van der Waals surface area contributed by atoms with E-state index in [0.29, 0.717) is 12.2 Å². The lowest BCUT2D eigenvalue weighted by Gasteiger charge is -2.12. The lowest BCUT2D eigenvalue weighted by molar-refractivity contribution is 0.0929. The molecule has 0 saturated carbocycles. The van der Waals surface area contributed by atoms with E-state index in [2.05, 4.69) is 37.2 Å². The number of hydrogen-bond acceptors (Lipinski definition) is 2. The van der Waals surface area contributed by atoms with Gasteiger partial charge in [-0.25, -0.2) is 0 Å². The van der Waals surface area contributed by atoms with Crippen LogP contribution in [0.15, 0.2) is 51.4 Å². The molecule has 1 atom stereocenters. The Kier molecular flexibility index (Phi) is 3.81. The average molecular weight is 397 g/mol. The molecule has 0 spiro atoms. The summed E-state index contributed by atoms with van der Waals surface area (Å²) in [6.45, 7) is 0.471. The molecule has 5 heteroatoms. The van der Waals surface area contributed by atoms with Crippen LogP contribution in [-0.2, 0) is 0 Å². The van der Waals surface area contributed by atoms with Gasteiger partial charge in [-0.2, -0.15) is 0 Å². The molecule has 1 amide bonds. The highest BCUT2D eigenvalue weighted by Crippen LogP contribution is 2.32. The fraction of sp³-hybridized carbons (Fsp3) is 0.133. The van der Waals surface area contributed by atoms with Gasteiger partial charge in [-0.05, 0) is 40.2 Å². The second-order valence-corrected chi connectivity index (χ2v) is 6.27. The SMILES string of the molecule is O=C(NC1COc2ccccc21)c1ccc(Br)cc1Br. The molecule has 2 aromatic rings. The number of halogens is 2. The molecule has 20 heavy (non-hydrogen) atoms. The molecule has 102 valence electrons. The molecule has 1 aliphatic heterocycles. The van der Waals surface area contributed by atoms with Gasteiger partial charge in [0.2, 0.25) is 0 Å². The second kappa shape index (κ2) is 5.58. The molecule has 1 N–H and O–H groups in total. The maximum absolute atomic E-state index is 12.3. The van der Waals surface area contributed by atoms with Crippen LogP contribution in [0.3, 0.4) is 0 Å². The maximum atomic E-state index is 12.3. The zero-order valence-corrected chi connectivity index (χ0v) is 13.6. The van der Waals surface area contributed by atoms with Crippen molar-refractivity contribution in [2.75, 3.05) is 6.61 Å². The third kappa shape index (κ3) is 2.60. The highest BCUT2D eigenvalue weighted by atomic mass is 79.9. The standard InChI is InChI=1S/C15H11Br2NO2/c16-9-5-6-10(12(17)7-9)15(19)18-13-8-20-14-4-2-1-3-11(13)14/h1-7,13H,8H2,(H,18,19). The highest BCUT2D eigenvalue weighted by Gasteiger charge is 2.25. The fourth-order valence-electron chi connectivity index (χ4n) is 2.19. The fourth-order valence-corrected chi connectivity index (χ4v) is 3.42. The van der Waals surface area contributed by atoms with Crippen LogP contribution in [0.2, 0.25) is 0 Å². The summed E-state index contributed by atoms with van der Waals surface area (Å²) >= 11 is 6.78. The molecule has 1 heterocycles. The Labute approximate surface area is 133 Å². The maximum Gasteiger partial charge on any atom is 0.253 e. The summed E-state index contributed by atoms with van der Waals surface area (Å²) in [6, 6.07) is 13.1. The number of para-hydroxylation sites is 1. The van der Waals surface area contributed by atoms with Crippen LogP contribution in [0.5, 0.6) is 5.75 Å². The van der Waals surface area contributed by atoms with E-state index >= 15 is 0 Å². The Morgan fingerprint density at radius 1 is 1.20 bits per heavy atom. The number of amides is 1. The van der Waals surface area contributed by atoms with Crippen molar-refractivity contribution in [2.24, 2.45) is 0 Å². The minimum absolute atomic E-state index is 0.103. The molecule has 0 aromatic heterocycles. The summed E-state index contributed by atoms with van der Waals surface area (Å²) in [4.78, 5) is 12.3. The number of ether oxygens (including phenoxy) is 1. The van der Waals surface area contributed by atoms with Gasteiger partial charge in [0, 0.05) is 14.5 Å². The Hall–Kier alpha value is -1.33. The molecule has 2 aromatic carbocycles. The number of hydrogen-bond donors (Lipinski definition) is 1. The third-order valence-electron chi connectivity index (χ3n) is 3.18. The normalized spacial score (nSPS) is 16.4. The number of fused-ring (bicyclic) bond motifs is 1. The molecule has 0 bridgehead atoms. The van der Waals surface area contributed by atoms with Gasteiger partial charge in [-0.3, -0.25) is 4.79 Å². The van der Waals surface area contributed by atoms with Gasteiger partial charge in [-0.15, -0.1) is 0 Å². The number of nitrogens with one attached hydrogen (secondary N) is 1. The molecule has 1 aliphatic rings. The summed E-state index contributed by atoms with van der Waals surface area (Å²) in [5.74, 6) is 0.724. The third-order valence-corrected chi connectivity index (χ3v) is 4.33. The van der Waals surface area contributed by atoms with Crippen LogP contribution in [0.25, 0.3) is 0 Å². The van der Waals surface area contributed by atoms with Crippen molar-refractivity contribution in [1.29, 1.82) is 0 Å². The highest BCUT2D eigenvalue weighted by molar-refractivity contribution is 9.11. The zero-order valence-electron chi connectivity index (χ0n) is 10.4. The molecule has 0 radical (unpaired) electrons. The van der Waals surface area contributed by atoms with Crippen LogP contribution in [0.4, 0.5) is 0 Å². The average Bonchev–Trinajstić information content (AvgIpc) is 2.82. The Morgan fingerprint density at radius 3 is 2.80 bits per heavy atom. The molecule has 0 aliphatic carbocycles. The lowest BCUT2D eigenvalue weighted by atomic mass is 10.1. The van der Waals surface area contributed by atoms with Crippen LogP contribution < -0.4 is 10.1 Å². The van der Waals surface area contributed by atoms with Crippen molar-refractivity contribution in [1.82, 2.24) is 5.32 Å². The van der Waals surface area contributed by atoms with Gasteiger partial charge in [0.05, 0.1) is 11.6 Å². The number of carbonyl (C=O) groups is 1. The summed E-state index contributed by atoms with van der Waals surface area (Å²) in [5, 5.41) is 3.00. The molecule has 0 fully saturated rings. The van der Waals surface area contributed by atoms with Crippen LogP contribution >= 0.6 is 31.9 Å². The van der Waals surface area contributed by atoms with Gasteiger partial charge in [0.25, 0.3) is 5.91 Å². The quantitative estimate of drug-likeness (QED) is 0.830. The van der Waals surface area contributed by atoms with Gasteiger partial charge in [-0.1, -0.05) is 34.1 Å². The number of carbonyl (C=O) groups excluding carboxylic acids is 1. The minimum atomic E-state index is -0.116. The summed E-state index contributed by atoms with van der Waals surface area (Å²) in [5.41, 5.74) is 1.63. The minimum Gasteiger partial charge on any atom is -0.491 e. The summed E-state index contributed by atoms with van der Waals surface area (Å²) in [7, 11) is 0. The van der Waals surface area contributed by atoms with E-state index in [-0.39, 0.29) is 11.9 Å². The number of benzene rings is 2. The van der Waals surface area contributed by atoms with Crippen molar-refractivity contribution in [3.05, 3.63) is 62.5 Å². The molecule has 0 saturated heterocycles. The first-order valence-electron chi connectivity index (χ1n) is 6.13. The molecule has 3 nitrogen and oxygen atoms in total. The molecular weight excluding hydrogens is 386 g/mol. The van der Waals surface area contributed by atoms with Crippen molar-refractivity contribution in [2.45, 2.75) is 6.04 Å². The Bertz CT molecular complexity index is 673. The molecule has 1 unspecified atom stereocenters.